The summed E-state index contributed by atoms with van der Waals surface area (Å²) in [4.78, 5) is 4.49. The van der Waals surface area contributed by atoms with Gasteiger partial charge >= 0.3 is 0 Å². The molecule has 1 atom stereocenters. The van der Waals surface area contributed by atoms with Crippen molar-refractivity contribution in [1.29, 1.82) is 0 Å². The first-order chi connectivity index (χ1) is 9.88. The summed E-state index contributed by atoms with van der Waals surface area (Å²) in [6.07, 6.45) is 6.72. The molecule has 1 fully saturated rings. The highest BCUT2D eigenvalue weighted by Crippen LogP contribution is 2.43. The Morgan fingerprint density at radius 2 is 1.95 bits per heavy atom. The van der Waals surface area contributed by atoms with Gasteiger partial charge in [0, 0.05) is 12.1 Å². The lowest BCUT2D eigenvalue weighted by Gasteiger charge is -2.41. The molecule has 5 nitrogen and oxygen atoms in total. The van der Waals surface area contributed by atoms with Crippen molar-refractivity contribution in [3.63, 3.8) is 0 Å². The highest BCUT2D eigenvalue weighted by Gasteiger charge is 2.44. The molecule has 0 saturated heterocycles. The number of hydrogen-bond donors (Lipinski definition) is 1. The summed E-state index contributed by atoms with van der Waals surface area (Å²) < 4.78 is 3.10. The normalized spacial score (nSPS) is 19.6. The zero-order valence-corrected chi connectivity index (χ0v) is 15.2. The second-order valence-electron chi connectivity index (χ2n) is 6.59. The van der Waals surface area contributed by atoms with Gasteiger partial charge in [-0.1, -0.05) is 12.8 Å². The molecule has 1 unspecified atom stereocenters. The van der Waals surface area contributed by atoms with Gasteiger partial charge in [0.15, 0.2) is 0 Å². The Labute approximate surface area is 136 Å². The molecule has 0 spiro atoms. The summed E-state index contributed by atoms with van der Waals surface area (Å²) in [5.41, 5.74) is 7.93. The molecule has 0 amide bonds. The fourth-order valence-electron chi connectivity index (χ4n) is 3.43. The molecular formula is C15H28BrN5. The first-order valence-electron chi connectivity index (χ1n) is 7.67. The standard InChI is InChI=1S/C15H28BrN5/c1-19(2)9-10-21-13(12(16)11-18-21)14(17)15(20(3)4)7-5-6-8-15/h11,14H,5-10,17H2,1-4H3. The first kappa shape index (κ1) is 16.9. The largest absolute Gasteiger partial charge is 0.321 e. The van der Waals surface area contributed by atoms with E-state index in [1.165, 1.54) is 12.8 Å². The van der Waals surface area contributed by atoms with Crippen molar-refractivity contribution in [3.8, 4) is 0 Å². The Hall–Kier alpha value is -0.430. The van der Waals surface area contributed by atoms with E-state index in [0.717, 1.165) is 36.1 Å². The number of aromatic nitrogens is 2. The zero-order chi connectivity index (χ0) is 15.6. The van der Waals surface area contributed by atoms with Crippen LogP contribution in [0, 0.1) is 0 Å². The summed E-state index contributed by atoms with van der Waals surface area (Å²) in [6.45, 7) is 1.83. The van der Waals surface area contributed by atoms with Gasteiger partial charge in [0.1, 0.15) is 0 Å². The van der Waals surface area contributed by atoms with Crippen molar-refractivity contribution in [1.82, 2.24) is 19.6 Å². The van der Waals surface area contributed by atoms with E-state index in [-0.39, 0.29) is 11.6 Å². The van der Waals surface area contributed by atoms with Gasteiger partial charge in [-0.2, -0.15) is 5.10 Å². The van der Waals surface area contributed by atoms with E-state index >= 15 is 0 Å². The molecule has 21 heavy (non-hydrogen) atoms. The Bertz CT molecular complexity index is 463. The van der Waals surface area contributed by atoms with E-state index in [0.29, 0.717) is 0 Å². The lowest BCUT2D eigenvalue weighted by Crippen LogP contribution is -2.51. The fraction of sp³-hybridized carbons (Fsp3) is 0.800. The molecule has 0 bridgehead atoms. The lowest BCUT2D eigenvalue weighted by molar-refractivity contribution is 0.118. The van der Waals surface area contributed by atoms with Crippen LogP contribution in [-0.4, -0.2) is 59.9 Å². The topological polar surface area (TPSA) is 50.3 Å². The van der Waals surface area contributed by atoms with Crippen molar-refractivity contribution in [2.45, 2.75) is 43.8 Å². The Kier molecular flexibility index (Phi) is 5.46. The summed E-state index contributed by atoms with van der Waals surface area (Å²) in [6, 6.07) is -0.0194. The molecule has 1 aliphatic rings. The molecule has 1 aromatic heterocycles. The first-order valence-corrected chi connectivity index (χ1v) is 8.47. The maximum absolute atomic E-state index is 6.74. The molecular weight excluding hydrogens is 330 g/mol. The van der Waals surface area contributed by atoms with Crippen LogP contribution in [-0.2, 0) is 6.54 Å². The molecule has 0 radical (unpaired) electrons. The van der Waals surface area contributed by atoms with Crippen LogP contribution in [0.2, 0.25) is 0 Å². The minimum absolute atomic E-state index is 0.0194. The van der Waals surface area contributed by atoms with Crippen LogP contribution in [0.5, 0.6) is 0 Å². The second kappa shape index (κ2) is 6.77. The minimum Gasteiger partial charge on any atom is -0.321 e. The highest BCUT2D eigenvalue weighted by atomic mass is 79.9. The Morgan fingerprint density at radius 1 is 1.33 bits per heavy atom. The highest BCUT2D eigenvalue weighted by molar-refractivity contribution is 9.10. The summed E-state index contributed by atoms with van der Waals surface area (Å²) in [5, 5.41) is 4.52. The van der Waals surface area contributed by atoms with Gasteiger partial charge in [-0.3, -0.25) is 4.68 Å². The molecule has 1 heterocycles. The number of rotatable bonds is 6. The number of halogens is 1. The van der Waals surface area contributed by atoms with Crippen molar-refractivity contribution in [2.24, 2.45) is 5.73 Å². The summed E-state index contributed by atoms with van der Waals surface area (Å²) in [7, 11) is 8.46. The van der Waals surface area contributed by atoms with Gasteiger partial charge in [0.05, 0.1) is 29.0 Å². The maximum atomic E-state index is 6.74. The van der Waals surface area contributed by atoms with Gasteiger partial charge in [-0.25, -0.2) is 0 Å². The third-order valence-corrected chi connectivity index (χ3v) is 5.44. The van der Waals surface area contributed by atoms with E-state index in [9.17, 15) is 0 Å². The van der Waals surface area contributed by atoms with Crippen LogP contribution in [0.25, 0.3) is 0 Å². The van der Waals surface area contributed by atoms with Crippen LogP contribution in [0.15, 0.2) is 10.7 Å². The van der Waals surface area contributed by atoms with Crippen molar-refractivity contribution >= 4 is 15.9 Å². The van der Waals surface area contributed by atoms with Crippen molar-refractivity contribution < 1.29 is 0 Å². The quantitative estimate of drug-likeness (QED) is 0.846. The van der Waals surface area contributed by atoms with Crippen LogP contribution < -0.4 is 5.73 Å². The minimum atomic E-state index is -0.0194. The molecule has 1 aliphatic carbocycles. The Morgan fingerprint density at radius 3 is 2.48 bits per heavy atom. The summed E-state index contributed by atoms with van der Waals surface area (Å²) in [5.74, 6) is 0. The van der Waals surface area contributed by atoms with E-state index in [1.54, 1.807) is 0 Å². The van der Waals surface area contributed by atoms with E-state index in [4.69, 9.17) is 5.73 Å². The van der Waals surface area contributed by atoms with Gasteiger partial charge < -0.3 is 15.5 Å². The van der Waals surface area contributed by atoms with Crippen molar-refractivity contribution in [2.75, 3.05) is 34.7 Å². The monoisotopic (exact) mass is 357 g/mol. The predicted molar refractivity (Wildman–Crippen MR) is 90.3 cm³/mol. The molecule has 0 aromatic carbocycles. The van der Waals surface area contributed by atoms with E-state index < -0.39 is 0 Å². The van der Waals surface area contributed by atoms with Crippen LogP contribution in [0.1, 0.15) is 37.4 Å². The third kappa shape index (κ3) is 3.33. The number of hydrogen-bond acceptors (Lipinski definition) is 4. The smallest absolute Gasteiger partial charge is 0.0713 e. The molecule has 6 heteroatoms. The van der Waals surface area contributed by atoms with E-state index in [2.05, 4.69) is 63.7 Å². The van der Waals surface area contributed by atoms with Crippen LogP contribution in [0.4, 0.5) is 0 Å². The van der Waals surface area contributed by atoms with Crippen LogP contribution in [0.3, 0.4) is 0 Å². The van der Waals surface area contributed by atoms with Gasteiger partial charge in [0.25, 0.3) is 0 Å². The van der Waals surface area contributed by atoms with E-state index in [1.807, 2.05) is 6.20 Å². The number of nitrogens with zero attached hydrogens (tertiary/aromatic N) is 4. The summed E-state index contributed by atoms with van der Waals surface area (Å²) >= 11 is 3.65. The SMILES string of the molecule is CN(C)CCn1ncc(Br)c1C(N)C1(N(C)C)CCCC1. The molecule has 2 rings (SSSR count). The van der Waals surface area contributed by atoms with Gasteiger partial charge in [-0.05, 0) is 57.0 Å². The zero-order valence-electron chi connectivity index (χ0n) is 13.6. The van der Waals surface area contributed by atoms with Gasteiger partial charge in [-0.15, -0.1) is 0 Å². The molecule has 2 N–H and O–H groups in total. The molecule has 1 saturated carbocycles. The second-order valence-corrected chi connectivity index (χ2v) is 7.44. The fourth-order valence-corrected chi connectivity index (χ4v) is 3.98. The van der Waals surface area contributed by atoms with Gasteiger partial charge in [0.2, 0.25) is 0 Å². The molecule has 0 aliphatic heterocycles. The molecule has 120 valence electrons. The predicted octanol–water partition coefficient (Wildman–Crippen LogP) is 2.08. The number of nitrogens with two attached hydrogens (primary N) is 1. The Balaban J connectivity index is 2.29. The van der Waals surface area contributed by atoms with Crippen LogP contribution >= 0.6 is 15.9 Å². The lowest BCUT2D eigenvalue weighted by atomic mass is 9.85. The maximum Gasteiger partial charge on any atom is 0.0713 e. The van der Waals surface area contributed by atoms with Crippen molar-refractivity contribution in [3.05, 3.63) is 16.4 Å². The third-order valence-electron chi connectivity index (χ3n) is 4.83. The molecule has 1 aromatic rings. The average Bonchev–Trinajstić information content (AvgIpc) is 3.03. The average molecular weight is 358 g/mol. The number of likely N-dealkylation sites (N-methyl/N-ethyl adjacent to an activating group) is 2.